The van der Waals surface area contributed by atoms with Crippen LogP contribution >= 0.6 is 0 Å². The van der Waals surface area contributed by atoms with E-state index in [0.29, 0.717) is 36.3 Å². The van der Waals surface area contributed by atoms with Gasteiger partial charge in [0.05, 0.1) is 16.0 Å². The van der Waals surface area contributed by atoms with Crippen LogP contribution in [0, 0.1) is 11.6 Å². The Morgan fingerprint density at radius 3 is 2.53 bits per heavy atom. The van der Waals surface area contributed by atoms with Crippen molar-refractivity contribution in [3.8, 4) is 0 Å². The summed E-state index contributed by atoms with van der Waals surface area (Å²) in [5.74, 6) is 0.152. The van der Waals surface area contributed by atoms with Crippen LogP contribution in [-0.4, -0.2) is 52.4 Å². The summed E-state index contributed by atoms with van der Waals surface area (Å²) in [4.78, 5) is 15.0. The van der Waals surface area contributed by atoms with E-state index in [-0.39, 0.29) is 34.2 Å². The van der Waals surface area contributed by atoms with Crippen LogP contribution in [0.3, 0.4) is 0 Å². The second-order valence-electron chi connectivity index (χ2n) is 9.41. The lowest BCUT2D eigenvalue weighted by atomic mass is 10.0. The number of benzene rings is 1. The zero-order chi connectivity index (χ0) is 25.6. The van der Waals surface area contributed by atoms with Gasteiger partial charge in [-0.1, -0.05) is 19.9 Å². The van der Waals surface area contributed by atoms with Crippen LogP contribution in [0.5, 0.6) is 0 Å². The molecule has 4 heterocycles. The smallest absolute Gasteiger partial charge is 0.266 e. The Kier molecular flexibility index (Phi) is 6.23. The van der Waals surface area contributed by atoms with E-state index in [1.807, 2.05) is 18.4 Å². The predicted octanol–water partition coefficient (Wildman–Crippen LogP) is 4.05. The molecule has 0 radical (unpaired) electrons. The Labute approximate surface area is 207 Å². The van der Waals surface area contributed by atoms with E-state index < -0.39 is 21.5 Å². The topological polar surface area (TPSA) is 107 Å². The first-order valence-corrected chi connectivity index (χ1v) is 13.6. The Hall–Kier alpha value is -3.41. The van der Waals surface area contributed by atoms with Gasteiger partial charge in [-0.3, -0.25) is 0 Å². The maximum absolute atomic E-state index is 15.1. The zero-order valence-electron chi connectivity index (χ0n) is 20.1. The quantitative estimate of drug-likeness (QED) is 0.378. The molecular formula is C24H26F2N6O3S. The highest BCUT2D eigenvalue weighted by molar-refractivity contribution is 7.90. The number of rotatable bonds is 6. The lowest BCUT2D eigenvalue weighted by Gasteiger charge is -2.31. The number of hydrogen-bond acceptors (Lipinski definition) is 8. The summed E-state index contributed by atoms with van der Waals surface area (Å²) in [5, 5.41) is 4.32. The monoisotopic (exact) mass is 516 g/mol. The molecule has 1 fully saturated rings. The molecule has 4 aromatic rings. The molecule has 3 aromatic heterocycles. The van der Waals surface area contributed by atoms with Gasteiger partial charge in [0.2, 0.25) is 5.89 Å². The van der Waals surface area contributed by atoms with E-state index in [4.69, 9.17) is 4.52 Å². The molecule has 12 heteroatoms. The molecule has 190 valence electrons. The molecule has 9 nitrogen and oxygen atoms in total. The van der Waals surface area contributed by atoms with Crippen molar-refractivity contribution in [1.29, 1.82) is 0 Å². The van der Waals surface area contributed by atoms with Crippen molar-refractivity contribution >= 4 is 26.8 Å². The fourth-order valence-electron chi connectivity index (χ4n) is 4.53. The minimum atomic E-state index is -3.54. The number of anilines is 1. The number of aromatic nitrogens is 5. The standard InChI is InChI=1S/C24H26F2N6O3S/c1-14(2)23-29-24(30-35-23)31-8-6-16(7-9-31)32-12-19(26)21-20(27-13-28-22(21)32)10-15-4-5-17(11-18(15)25)36(3,33)34/h4-5,11-14,16H,6-10H2,1-3H3. The highest BCUT2D eigenvalue weighted by Gasteiger charge is 2.27. The van der Waals surface area contributed by atoms with Gasteiger partial charge in [0, 0.05) is 43.9 Å². The third-order valence-electron chi connectivity index (χ3n) is 6.52. The number of nitrogens with zero attached hydrogens (tertiary/aromatic N) is 6. The fourth-order valence-corrected chi connectivity index (χ4v) is 5.16. The average molecular weight is 517 g/mol. The second kappa shape index (κ2) is 9.23. The van der Waals surface area contributed by atoms with Crippen LogP contribution in [0.25, 0.3) is 11.0 Å². The van der Waals surface area contributed by atoms with Crippen LogP contribution < -0.4 is 4.90 Å². The molecule has 1 saturated heterocycles. The van der Waals surface area contributed by atoms with E-state index >= 15 is 4.39 Å². The summed E-state index contributed by atoms with van der Waals surface area (Å²) in [6.45, 7) is 5.34. The van der Waals surface area contributed by atoms with E-state index in [9.17, 15) is 12.8 Å². The number of sulfone groups is 1. The van der Waals surface area contributed by atoms with Crippen LogP contribution in [0.1, 0.15) is 55.8 Å². The maximum Gasteiger partial charge on any atom is 0.266 e. The van der Waals surface area contributed by atoms with Crippen molar-refractivity contribution in [1.82, 2.24) is 24.7 Å². The predicted molar refractivity (Wildman–Crippen MR) is 129 cm³/mol. The van der Waals surface area contributed by atoms with Crippen molar-refractivity contribution in [3.63, 3.8) is 0 Å². The highest BCUT2D eigenvalue weighted by Crippen LogP contribution is 2.32. The molecule has 0 atom stereocenters. The summed E-state index contributed by atoms with van der Waals surface area (Å²) in [5.41, 5.74) is 1.02. The summed E-state index contributed by atoms with van der Waals surface area (Å²) in [7, 11) is -3.54. The first-order chi connectivity index (χ1) is 17.1. The van der Waals surface area contributed by atoms with Crippen molar-refractivity contribution in [3.05, 3.63) is 59.5 Å². The highest BCUT2D eigenvalue weighted by atomic mass is 32.2. The Morgan fingerprint density at radius 1 is 1.14 bits per heavy atom. The number of halogens is 2. The van der Waals surface area contributed by atoms with E-state index in [1.54, 1.807) is 0 Å². The lowest BCUT2D eigenvalue weighted by Crippen LogP contribution is -2.35. The first-order valence-electron chi connectivity index (χ1n) is 11.7. The summed E-state index contributed by atoms with van der Waals surface area (Å²) < 4.78 is 60.3. The van der Waals surface area contributed by atoms with E-state index in [2.05, 4.69) is 25.0 Å². The van der Waals surface area contributed by atoms with Crippen molar-refractivity contribution < 1.29 is 21.7 Å². The molecule has 0 unspecified atom stereocenters. The Balaban J connectivity index is 1.38. The van der Waals surface area contributed by atoms with E-state index in [0.717, 1.165) is 25.2 Å². The molecule has 0 bridgehead atoms. The Morgan fingerprint density at radius 2 is 1.89 bits per heavy atom. The van der Waals surface area contributed by atoms with Crippen molar-refractivity contribution in [2.45, 2.75) is 50.0 Å². The normalized spacial score (nSPS) is 15.3. The SMILES string of the molecule is CC(C)c1nc(N2CCC(n3cc(F)c4c(Cc5ccc(S(C)(=O)=O)cc5F)ncnc43)CC2)no1. The van der Waals surface area contributed by atoms with Gasteiger partial charge in [0.15, 0.2) is 15.7 Å². The molecule has 1 aliphatic rings. The molecule has 0 spiro atoms. The van der Waals surface area contributed by atoms with Gasteiger partial charge in [-0.25, -0.2) is 27.2 Å². The number of fused-ring (bicyclic) bond motifs is 1. The molecule has 0 saturated carbocycles. The molecule has 0 N–H and O–H groups in total. The number of hydrogen-bond donors (Lipinski definition) is 0. The van der Waals surface area contributed by atoms with Crippen LogP contribution in [0.4, 0.5) is 14.7 Å². The van der Waals surface area contributed by atoms with Gasteiger partial charge < -0.3 is 14.0 Å². The first kappa shape index (κ1) is 24.3. The lowest BCUT2D eigenvalue weighted by molar-refractivity contribution is 0.359. The van der Waals surface area contributed by atoms with Gasteiger partial charge in [-0.15, -0.1) is 0 Å². The van der Waals surface area contributed by atoms with Gasteiger partial charge >= 0.3 is 0 Å². The minimum Gasteiger partial charge on any atom is -0.338 e. The van der Waals surface area contributed by atoms with Crippen molar-refractivity contribution in [2.75, 3.05) is 24.2 Å². The third kappa shape index (κ3) is 4.57. The summed E-state index contributed by atoms with van der Waals surface area (Å²) >= 11 is 0. The molecule has 0 amide bonds. The van der Waals surface area contributed by atoms with Gasteiger partial charge in [0.1, 0.15) is 17.8 Å². The molecular weight excluding hydrogens is 490 g/mol. The third-order valence-corrected chi connectivity index (χ3v) is 7.63. The van der Waals surface area contributed by atoms with Gasteiger partial charge in [-0.05, 0) is 35.7 Å². The van der Waals surface area contributed by atoms with Gasteiger partial charge in [-0.2, -0.15) is 4.98 Å². The zero-order valence-corrected chi connectivity index (χ0v) is 21.0. The number of piperidine rings is 1. The second-order valence-corrected chi connectivity index (χ2v) is 11.4. The maximum atomic E-state index is 15.1. The molecule has 1 aromatic carbocycles. The van der Waals surface area contributed by atoms with Crippen LogP contribution in [-0.2, 0) is 16.3 Å². The van der Waals surface area contributed by atoms with Gasteiger partial charge in [0.25, 0.3) is 5.95 Å². The summed E-state index contributed by atoms with van der Waals surface area (Å²) in [6.07, 6.45) is 5.26. The van der Waals surface area contributed by atoms with Crippen LogP contribution in [0.2, 0.25) is 0 Å². The largest absolute Gasteiger partial charge is 0.338 e. The Bertz CT molecular complexity index is 1520. The van der Waals surface area contributed by atoms with Crippen LogP contribution in [0.15, 0.2) is 40.1 Å². The minimum absolute atomic E-state index is 0.00425. The molecule has 0 aliphatic carbocycles. The van der Waals surface area contributed by atoms with E-state index in [1.165, 1.54) is 24.7 Å². The fraction of sp³-hybridized carbons (Fsp3) is 0.417. The molecule has 5 rings (SSSR count). The molecule has 36 heavy (non-hydrogen) atoms. The van der Waals surface area contributed by atoms with Crippen molar-refractivity contribution in [2.24, 2.45) is 0 Å². The average Bonchev–Trinajstić information content (AvgIpc) is 3.46. The summed E-state index contributed by atoms with van der Waals surface area (Å²) in [6, 6.07) is 3.73. The molecule has 1 aliphatic heterocycles.